The van der Waals surface area contributed by atoms with Crippen LogP contribution in [-0.2, 0) is 9.53 Å². The van der Waals surface area contributed by atoms with Gasteiger partial charge in [-0.1, -0.05) is 0 Å². The summed E-state index contributed by atoms with van der Waals surface area (Å²) in [5.74, 6) is -1.81. The Kier molecular flexibility index (Phi) is 4.48. The third kappa shape index (κ3) is 3.01. The SMILES string of the molecule is CCOC(=O)c1[nH]c(C)c(/C=C(\C#N)C(=O)O)c1C. The second kappa shape index (κ2) is 5.87. The van der Waals surface area contributed by atoms with Gasteiger partial charge in [0.25, 0.3) is 0 Å². The minimum absolute atomic E-state index is 0.250. The Balaban J connectivity index is 3.29. The highest BCUT2D eigenvalue weighted by atomic mass is 16.5. The van der Waals surface area contributed by atoms with E-state index >= 15 is 0 Å². The molecule has 0 aliphatic carbocycles. The van der Waals surface area contributed by atoms with Crippen molar-refractivity contribution in [3.05, 3.63) is 28.1 Å². The number of nitrogens with zero attached hydrogens (tertiary/aromatic N) is 1. The van der Waals surface area contributed by atoms with Gasteiger partial charge in [0.1, 0.15) is 17.3 Å². The third-order valence-electron chi connectivity index (χ3n) is 2.61. The highest BCUT2D eigenvalue weighted by Gasteiger charge is 2.18. The molecular formula is C13H14N2O4. The lowest BCUT2D eigenvalue weighted by atomic mass is 10.1. The molecule has 0 saturated carbocycles. The third-order valence-corrected chi connectivity index (χ3v) is 2.61. The minimum atomic E-state index is -1.31. The number of aromatic amines is 1. The second-order valence-corrected chi connectivity index (χ2v) is 3.86. The molecule has 0 unspecified atom stereocenters. The summed E-state index contributed by atoms with van der Waals surface area (Å²) >= 11 is 0. The molecule has 0 aromatic carbocycles. The van der Waals surface area contributed by atoms with Crippen molar-refractivity contribution in [1.82, 2.24) is 4.98 Å². The Morgan fingerprint density at radius 3 is 2.58 bits per heavy atom. The molecule has 0 radical (unpaired) electrons. The van der Waals surface area contributed by atoms with E-state index in [1.807, 2.05) is 0 Å². The first kappa shape index (κ1) is 14.5. The quantitative estimate of drug-likeness (QED) is 0.489. The summed E-state index contributed by atoms with van der Waals surface area (Å²) in [6, 6.07) is 1.60. The molecular weight excluding hydrogens is 248 g/mol. The predicted molar refractivity (Wildman–Crippen MR) is 67.4 cm³/mol. The number of ether oxygens (including phenoxy) is 1. The number of hydrogen-bond donors (Lipinski definition) is 2. The fourth-order valence-electron chi connectivity index (χ4n) is 1.67. The standard InChI is InChI=1S/C13H14N2O4/c1-4-19-13(18)11-7(2)10(8(3)15-11)5-9(6-14)12(16)17/h5,15H,4H2,1-3H3,(H,16,17)/b9-5+. The maximum absolute atomic E-state index is 11.7. The lowest BCUT2D eigenvalue weighted by molar-refractivity contribution is -0.132. The molecule has 1 aromatic heterocycles. The van der Waals surface area contributed by atoms with E-state index in [2.05, 4.69) is 4.98 Å². The van der Waals surface area contributed by atoms with Crippen molar-refractivity contribution in [1.29, 1.82) is 5.26 Å². The fraction of sp³-hybridized carbons (Fsp3) is 0.308. The van der Waals surface area contributed by atoms with Crippen molar-refractivity contribution in [2.24, 2.45) is 0 Å². The van der Waals surface area contributed by atoms with Crippen LogP contribution in [0.5, 0.6) is 0 Å². The lowest BCUT2D eigenvalue weighted by Crippen LogP contribution is -2.06. The number of carbonyl (C=O) groups is 2. The van der Waals surface area contributed by atoms with Gasteiger partial charge in [-0.2, -0.15) is 5.26 Å². The number of aromatic nitrogens is 1. The molecule has 0 spiro atoms. The van der Waals surface area contributed by atoms with Crippen LogP contribution < -0.4 is 0 Å². The minimum Gasteiger partial charge on any atom is -0.477 e. The molecule has 100 valence electrons. The van der Waals surface area contributed by atoms with Crippen LogP contribution in [0.3, 0.4) is 0 Å². The molecule has 0 aliphatic heterocycles. The van der Waals surface area contributed by atoms with Crippen molar-refractivity contribution in [3.8, 4) is 6.07 Å². The average Bonchev–Trinajstić information content (AvgIpc) is 2.62. The van der Waals surface area contributed by atoms with Crippen molar-refractivity contribution in [2.45, 2.75) is 20.8 Å². The van der Waals surface area contributed by atoms with Crippen molar-refractivity contribution >= 4 is 18.0 Å². The number of H-pyrrole nitrogens is 1. The van der Waals surface area contributed by atoms with E-state index in [0.717, 1.165) is 0 Å². The number of hydrogen-bond acceptors (Lipinski definition) is 4. The van der Waals surface area contributed by atoms with Crippen LogP contribution in [0.2, 0.25) is 0 Å². The zero-order chi connectivity index (χ0) is 14.6. The van der Waals surface area contributed by atoms with Crippen LogP contribution in [0.4, 0.5) is 0 Å². The van der Waals surface area contributed by atoms with E-state index in [1.165, 1.54) is 6.08 Å². The molecule has 0 atom stereocenters. The molecule has 6 nitrogen and oxygen atoms in total. The van der Waals surface area contributed by atoms with Crippen LogP contribution in [0.1, 0.15) is 34.2 Å². The van der Waals surface area contributed by atoms with Gasteiger partial charge in [0.05, 0.1) is 6.61 Å². The number of nitrogens with one attached hydrogen (secondary N) is 1. The van der Waals surface area contributed by atoms with Crippen LogP contribution in [0.25, 0.3) is 6.08 Å². The Labute approximate surface area is 110 Å². The van der Waals surface area contributed by atoms with Gasteiger partial charge in [0.15, 0.2) is 0 Å². The molecule has 1 rings (SSSR count). The number of aryl methyl sites for hydroxylation is 1. The number of rotatable bonds is 4. The molecule has 6 heteroatoms. The maximum Gasteiger partial charge on any atom is 0.355 e. The van der Waals surface area contributed by atoms with Gasteiger partial charge in [0.2, 0.25) is 0 Å². The first-order valence-electron chi connectivity index (χ1n) is 5.63. The van der Waals surface area contributed by atoms with Crippen molar-refractivity contribution in [3.63, 3.8) is 0 Å². The maximum atomic E-state index is 11.7. The molecule has 19 heavy (non-hydrogen) atoms. The van der Waals surface area contributed by atoms with Gasteiger partial charge in [-0.15, -0.1) is 0 Å². The first-order valence-corrected chi connectivity index (χ1v) is 5.63. The Morgan fingerprint density at radius 2 is 2.11 bits per heavy atom. The molecule has 1 heterocycles. The first-order chi connectivity index (χ1) is 8.92. The van der Waals surface area contributed by atoms with Gasteiger partial charge >= 0.3 is 11.9 Å². The van der Waals surface area contributed by atoms with Crippen molar-refractivity contribution in [2.75, 3.05) is 6.61 Å². The van der Waals surface area contributed by atoms with Gasteiger partial charge in [-0.3, -0.25) is 0 Å². The number of carbonyl (C=O) groups excluding carboxylic acids is 1. The van der Waals surface area contributed by atoms with E-state index in [9.17, 15) is 9.59 Å². The topological polar surface area (TPSA) is 103 Å². The number of esters is 1. The second-order valence-electron chi connectivity index (χ2n) is 3.86. The Hall–Kier alpha value is -2.55. The smallest absolute Gasteiger partial charge is 0.355 e. The summed E-state index contributed by atoms with van der Waals surface area (Å²) in [7, 11) is 0. The van der Waals surface area contributed by atoms with E-state index < -0.39 is 11.9 Å². The largest absolute Gasteiger partial charge is 0.477 e. The molecule has 2 N–H and O–H groups in total. The van der Waals surface area contributed by atoms with Gasteiger partial charge < -0.3 is 14.8 Å². The van der Waals surface area contributed by atoms with Gasteiger partial charge in [0, 0.05) is 11.3 Å². The Morgan fingerprint density at radius 1 is 1.47 bits per heavy atom. The summed E-state index contributed by atoms with van der Waals surface area (Å²) < 4.78 is 4.88. The van der Waals surface area contributed by atoms with Gasteiger partial charge in [-0.25, -0.2) is 9.59 Å². The zero-order valence-electron chi connectivity index (χ0n) is 10.9. The molecule has 0 bridgehead atoms. The summed E-state index contributed by atoms with van der Waals surface area (Å²) in [6.45, 7) is 5.30. The van der Waals surface area contributed by atoms with Crippen LogP contribution in [0, 0.1) is 25.2 Å². The van der Waals surface area contributed by atoms with E-state index in [1.54, 1.807) is 26.8 Å². The monoisotopic (exact) mass is 262 g/mol. The predicted octanol–water partition coefficient (Wildman–Crippen LogP) is 1.80. The van der Waals surface area contributed by atoms with Crippen LogP contribution in [0.15, 0.2) is 5.57 Å². The molecule has 0 aliphatic rings. The average molecular weight is 262 g/mol. The van der Waals surface area contributed by atoms with Crippen molar-refractivity contribution < 1.29 is 19.4 Å². The highest BCUT2D eigenvalue weighted by molar-refractivity contribution is 5.98. The normalized spacial score (nSPS) is 10.9. The van der Waals surface area contributed by atoms with Crippen LogP contribution >= 0.6 is 0 Å². The zero-order valence-corrected chi connectivity index (χ0v) is 10.9. The Bertz CT molecular complexity index is 591. The van der Waals surface area contributed by atoms with Gasteiger partial charge in [-0.05, 0) is 32.4 Å². The van der Waals surface area contributed by atoms with E-state index in [0.29, 0.717) is 16.8 Å². The van der Waals surface area contributed by atoms with E-state index in [4.69, 9.17) is 15.1 Å². The number of carboxylic acids is 1. The van der Waals surface area contributed by atoms with E-state index in [-0.39, 0.29) is 17.9 Å². The summed E-state index contributed by atoms with van der Waals surface area (Å²) in [6.07, 6.45) is 1.24. The summed E-state index contributed by atoms with van der Waals surface area (Å²) in [5.41, 5.74) is 1.57. The number of carboxylic acid groups (broad SMARTS) is 1. The highest BCUT2D eigenvalue weighted by Crippen LogP contribution is 2.21. The summed E-state index contributed by atoms with van der Waals surface area (Å²) in [5, 5.41) is 17.6. The summed E-state index contributed by atoms with van der Waals surface area (Å²) in [4.78, 5) is 25.3. The molecule has 1 aromatic rings. The number of nitriles is 1. The lowest BCUT2D eigenvalue weighted by Gasteiger charge is -2.00. The van der Waals surface area contributed by atoms with Crippen LogP contribution in [-0.4, -0.2) is 28.6 Å². The molecule has 0 saturated heterocycles. The molecule has 0 amide bonds. The molecule has 0 fully saturated rings. The fourth-order valence-corrected chi connectivity index (χ4v) is 1.67. The number of aliphatic carboxylic acids is 1.